The van der Waals surface area contributed by atoms with E-state index in [9.17, 15) is 0 Å². The highest BCUT2D eigenvalue weighted by Gasteiger charge is 2.22. The summed E-state index contributed by atoms with van der Waals surface area (Å²) in [7, 11) is 2.01. The summed E-state index contributed by atoms with van der Waals surface area (Å²) in [6.45, 7) is 2.19. The quantitative estimate of drug-likeness (QED) is 0.833. The number of nitrogens with one attached hydrogen (secondary N) is 1. The number of rotatable bonds is 4. The second kappa shape index (κ2) is 5.80. The Morgan fingerprint density at radius 3 is 3.19 bits per heavy atom. The molecule has 0 aliphatic carbocycles. The van der Waals surface area contributed by atoms with E-state index in [4.69, 9.17) is 0 Å². The summed E-state index contributed by atoms with van der Waals surface area (Å²) in [6, 6.07) is 4.65. The van der Waals surface area contributed by atoms with Crippen molar-refractivity contribution in [2.45, 2.75) is 31.7 Å². The highest BCUT2D eigenvalue weighted by atomic mass is 15.3. The topological polar surface area (TPSA) is 41.0 Å². The summed E-state index contributed by atoms with van der Waals surface area (Å²) in [4.78, 5) is 2.41. The van der Waals surface area contributed by atoms with E-state index in [1.165, 1.54) is 25.7 Å². The second-order valence-corrected chi connectivity index (χ2v) is 4.32. The van der Waals surface area contributed by atoms with Crippen LogP contribution in [0, 0.1) is 0 Å². The molecule has 1 aromatic heterocycles. The molecule has 4 heteroatoms. The summed E-state index contributed by atoms with van der Waals surface area (Å²) >= 11 is 0. The average molecular weight is 220 g/mol. The van der Waals surface area contributed by atoms with Crippen molar-refractivity contribution in [1.29, 1.82) is 0 Å². The fraction of sp³-hybridized carbons (Fsp3) is 0.667. The van der Waals surface area contributed by atoms with Gasteiger partial charge in [-0.05, 0) is 51.4 Å². The van der Waals surface area contributed by atoms with Crippen LogP contribution in [0.3, 0.4) is 0 Å². The molecule has 0 spiro atoms. The van der Waals surface area contributed by atoms with Crippen LogP contribution in [0.15, 0.2) is 18.3 Å². The van der Waals surface area contributed by atoms with Gasteiger partial charge in [-0.1, -0.05) is 0 Å². The maximum atomic E-state index is 4.22. The zero-order valence-electron chi connectivity index (χ0n) is 9.89. The Hall–Kier alpha value is -1.16. The molecule has 2 rings (SSSR count). The minimum Gasteiger partial charge on any atom is -0.352 e. The van der Waals surface area contributed by atoms with E-state index >= 15 is 0 Å². The Morgan fingerprint density at radius 1 is 1.50 bits per heavy atom. The van der Waals surface area contributed by atoms with E-state index in [-0.39, 0.29) is 0 Å². The predicted molar refractivity (Wildman–Crippen MR) is 65.6 cm³/mol. The summed E-state index contributed by atoms with van der Waals surface area (Å²) in [5.41, 5.74) is 0. The van der Waals surface area contributed by atoms with Gasteiger partial charge in [0.25, 0.3) is 0 Å². The van der Waals surface area contributed by atoms with E-state index in [1.807, 2.05) is 13.1 Å². The van der Waals surface area contributed by atoms with Crippen LogP contribution in [-0.2, 0) is 0 Å². The molecule has 88 valence electrons. The average Bonchev–Trinajstić information content (AvgIpc) is 2.38. The van der Waals surface area contributed by atoms with Crippen molar-refractivity contribution < 1.29 is 0 Å². The predicted octanol–water partition coefficient (Wildman–Crippen LogP) is 1.44. The zero-order valence-corrected chi connectivity index (χ0v) is 9.89. The van der Waals surface area contributed by atoms with Crippen molar-refractivity contribution in [3.63, 3.8) is 0 Å². The van der Waals surface area contributed by atoms with E-state index in [1.54, 1.807) is 6.20 Å². The highest BCUT2D eigenvalue weighted by molar-refractivity contribution is 5.38. The minimum atomic E-state index is 0.623. The van der Waals surface area contributed by atoms with Crippen LogP contribution in [0.2, 0.25) is 0 Å². The van der Waals surface area contributed by atoms with Gasteiger partial charge in [0, 0.05) is 18.8 Å². The van der Waals surface area contributed by atoms with Crippen LogP contribution in [-0.4, -0.2) is 36.4 Å². The van der Waals surface area contributed by atoms with Crippen LogP contribution < -0.4 is 10.2 Å². The zero-order chi connectivity index (χ0) is 11.2. The van der Waals surface area contributed by atoms with E-state index in [2.05, 4.69) is 26.5 Å². The van der Waals surface area contributed by atoms with Crippen molar-refractivity contribution in [2.75, 3.05) is 25.0 Å². The Labute approximate surface area is 97.1 Å². The minimum absolute atomic E-state index is 0.623. The van der Waals surface area contributed by atoms with Crippen LogP contribution in [0.4, 0.5) is 5.82 Å². The van der Waals surface area contributed by atoms with Gasteiger partial charge in [0.1, 0.15) is 0 Å². The molecule has 1 atom stereocenters. The molecule has 1 aromatic rings. The lowest BCUT2D eigenvalue weighted by Gasteiger charge is -2.36. The van der Waals surface area contributed by atoms with Gasteiger partial charge < -0.3 is 10.2 Å². The largest absolute Gasteiger partial charge is 0.352 e. The van der Waals surface area contributed by atoms with Crippen molar-refractivity contribution >= 4 is 5.82 Å². The maximum Gasteiger partial charge on any atom is 0.151 e. The first-order valence-corrected chi connectivity index (χ1v) is 6.11. The highest BCUT2D eigenvalue weighted by Crippen LogP contribution is 2.23. The van der Waals surface area contributed by atoms with Gasteiger partial charge >= 0.3 is 0 Å². The molecule has 0 radical (unpaired) electrons. The number of piperidine rings is 1. The molecule has 1 unspecified atom stereocenters. The monoisotopic (exact) mass is 220 g/mol. The fourth-order valence-corrected chi connectivity index (χ4v) is 2.36. The van der Waals surface area contributed by atoms with Gasteiger partial charge in [-0.3, -0.25) is 0 Å². The molecule has 0 aromatic carbocycles. The van der Waals surface area contributed by atoms with Gasteiger partial charge in [-0.2, -0.15) is 5.10 Å². The van der Waals surface area contributed by atoms with Crippen molar-refractivity contribution in [3.05, 3.63) is 18.3 Å². The number of anilines is 1. The SMILES string of the molecule is CNCCC1CCCCN1c1cccnn1. The molecule has 0 bridgehead atoms. The van der Waals surface area contributed by atoms with Gasteiger partial charge in [0.2, 0.25) is 0 Å². The summed E-state index contributed by atoms with van der Waals surface area (Å²) in [6.07, 6.45) is 6.80. The molecule has 0 amide bonds. The molecular weight excluding hydrogens is 200 g/mol. The molecular formula is C12H20N4. The molecule has 1 aliphatic heterocycles. The first-order valence-electron chi connectivity index (χ1n) is 6.11. The first-order chi connectivity index (χ1) is 7.92. The first kappa shape index (κ1) is 11.3. The lowest BCUT2D eigenvalue weighted by molar-refractivity contribution is 0.429. The fourth-order valence-electron chi connectivity index (χ4n) is 2.36. The Morgan fingerprint density at radius 2 is 2.44 bits per heavy atom. The van der Waals surface area contributed by atoms with Crippen LogP contribution >= 0.6 is 0 Å². The molecule has 16 heavy (non-hydrogen) atoms. The van der Waals surface area contributed by atoms with Crippen molar-refractivity contribution in [2.24, 2.45) is 0 Å². The number of hydrogen-bond donors (Lipinski definition) is 1. The molecule has 1 aliphatic rings. The standard InChI is InChI=1S/C12H20N4/c1-13-9-7-11-5-2-3-10-16(11)12-6-4-8-14-15-12/h4,6,8,11,13H,2-3,5,7,9-10H2,1H3. The van der Waals surface area contributed by atoms with Crippen molar-refractivity contribution in [3.8, 4) is 0 Å². The molecule has 1 fully saturated rings. The number of nitrogens with zero attached hydrogens (tertiary/aromatic N) is 3. The normalized spacial score (nSPS) is 21.1. The van der Waals surface area contributed by atoms with Gasteiger partial charge in [-0.25, -0.2) is 0 Å². The summed E-state index contributed by atoms with van der Waals surface area (Å²) in [5.74, 6) is 1.03. The lowest BCUT2D eigenvalue weighted by Crippen LogP contribution is -2.41. The van der Waals surface area contributed by atoms with Gasteiger partial charge in [0.15, 0.2) is 5.82 Å². The second-order valence-electron chi connectivity index (χ2n) is 4.32. The number of aromatic nitrogens is 2. The molecule has 1 saturated heterocycles. The molecule has 4 nitrogen and oxygen atoms in total. The van der Waals surface area contributed by atoms with Crippen LogP contribution in [0.1, 0.15) is 25.7 Å². The van der Waals surface area contributed by atoms with E-state index < -0.39 is 0 Å². The lowest BCUT2D eigenvalue weighted by atomic mass is 9.99. The van der Waals surface area contributed by atoms with E-state index in [0.29, 0.717) is 6.04 Å². The van der Waals surface area contributed by atoms with Crippen molar-refractivity contribution in [1.82, 2.24) is 15.5 Å². The van der Waals surface area contributed by atoms with Gasteiger partial charge in [0.05, 0.1) is 0 Å². The smallest absolute Gasteiger partial charge is 0.151 e. The summed E-state index contributed by atoms with van der Waals surface area (Å²) < 4.78 is 0. The third-order valence-corrected chi connectivity index (χ3v) is 3.21. The molecule has 0 saturated carbocycles. The summed E-state index contributed by atoms with van der Waals surface area (Å²) in [5, 5.41) is 11.4. The molecule has 1 N–H and O–H groups in total. The Kier molecular flexibility index (Phi) is 4.10. The van der Waals surface area contributed by atoms with Crippen LogP contribution in [0.5, 0.6) is 0 Å². The Balaban J connectivity index is 2.04. The molecule has 2 heterocycles. The maximum absolute atomic E-state index is 4.22. The van der Waals surface area contributed by atoms with Gasteiger partial charge in [-0.15, -0.1) is 5.10 Å². The number of hydrogen-bond acceptors (Lipinski definition) is 4. The third kappa shape index (κ3) is 2.70. The van der Waals surface area contributed by atoms with E-state index in [0.717, 1.165) is 18.9 Å². The van der Waals surface area contributed by atoms with Crippen LogP contribution in [0.25, 0.3) is 0 Å². The Bertz CT molecular complexity index is 301. The third-order valence-electron chi connectivity index (χ3n) is 3.21.